The van der Waals surface area contributed by atoms with Crippen molar-refractivity contribution in [2.24, 2.45) is 0 Å². The number of hydrogen-bond donors (Lipinski definition) is 0. The van der Waals surface area contributed by atoms with E-state index in [1.54, 1.807) is 11.3 Å². The van der Waals surface area contributed by atoms with E-state index < -0.39 is 0 Å². The molecule has 0 unspecified atom stereocenters. The number of fused-ring (bicyclic) bond motifs is 1. The van der Waals surface area contributed by atoms with E-state index in [4.69, 9.17) is 4.74 Å². The summed E-state index contributed by atoms with van der Waals surface area (Å²) in [6, 6.07) is 0. The molecule has 0 radical (unpaired) electrons. The number of thiophene rings is 1. The average molecular weight is 362 g/mol. The number of carbonyl (C=O) groups is 2. The van der Waals surface area contributed by atoms with Crippen LogP contribution in [0.4, 0.5) is 0 Å². The zero-order valence-corrected chi connectivity index (χ0v) is 15.5. The minimum atomic E-state index is -0.258. The maximum Gasteiger partial charge on any atom is 0.255 e. The number of nitrogens with zero attached hydrogens (tertiary/aromatic N) is 2. The lowest BCUT2D eigenvalue weighted by molar-refractivity contribution is -0.140. The van der Waals surface area contributed by atoms with Gasteiger partial charge < -0.3 is 14.5 Å². The fourth-order valence-electron chi connectivity index (χ4n) is 4.16. The molecule has 6 heteroatoms. The molecule has 3 aliphatic rings. The summed E-state index contributed by atoms with van der Waals surface area (Å²) < 4.78 is 5.53. The van der Waals surface area contributed by atoms with Crippen LogP contribution in [0.3, 0.4) is 0 Å². The van der Waals surface area contributed by atoms with Crippen LogP contribution in [-0.4, -0.2) is 60.5 Å². The van der Waals surface area contributed by atoms with Crippen LogP contribution in [0, 0.1) is 0 Å². The molecule has 0 saturated carbocycles. The lowest BCUT2D eigenvalue weighted by Crippen LogP contribution is -2.41. The topological polar surface area (TPSA) is 49.9 Å². The molecule has 1 atom stereocenters. The molecule has 1 aromatic rings. The van der Waals surface area contributed by atoms with Gasteiger partial charge in [0.2, 0.25) is 0 Å². The normalized spacial score (nSPS) is 24.1. The first-order valence-corrected chi connectivity index (χ1v) is 10.4. The van der Waals surface area contributed by atoms with Gasteiger partial charge in [-0.1, -0.05) is 0 Å². The summed E-state index contributed by atoms with van der Waals surface area (Å²) in [4.78, 5) is 30.8. The highest BCUT2D eigenvalue weighted by atomic mass is 32.1. The Bertz CT molecular complexity index is 651. The van der Waals surface area contributed by atoms with Crippen LogP contribution in [0.15, 0.2) is 5.38 Å². The minimum Gasteiger partial charge on any atom is -0.368 e. The van der Waals surface area contributed by atoms with E-state index in [-0.39, 0.29) is 17.9 Å². The largest absolute Gasteiger partial charge is 0.368 e. The van der Waals surface area contributed by atoms with E-state index in [2.05, 4.69) is 5.38 Å². The second-order valence-corrected chi connectivity index (χ2v) is 8.20. The van der Waals surface area contributed by atoms with Crippen molar-refractivity contribution in [1.82, 2.24) is 9.80 Å². The van der Waals surface area contributed by atoms with Gasteiger partial charge >= 0.3 is 0 Å². The van der Waals surface area contributed by atoms with Crippen molar-refractivity contribution < 1.29 is 14.3 Å². The molecule has 1 aliphatic carbocycles. The van der Waals surface area contributed by atoms with Crippen molar-refractivity contribution in [2.75, 3.05) is 32.8 Å². The summed E-state index contributed by atoms with van der Waals surface area (Å²) in [5.41, 5.74) is 2.20. The van der Waals surface area contributed by atoms with E-state index in [9.17, 15) is 9.59 Å². The molecule has 4 rings (SSSR count). The number of hydrogen-bond acceptors (Lipinski definition) is 4. The highest BCUT2D eigenvalue weighted by Gasteiger charge is 2.31. The minimum absolute atomic E-state index is 0.111. The third kappa shape index (κ3) is 3.47. The lowest BCUT2D eigenvalue weighted by atomic mass is 9.95. The summed E-state index contributed by atoms with van der Waals surface area (Å²) in [5, 5.41) is 2.05. The van der Waals surface area contributed by atoms with Gasteiger partial charge in [0.25, 0.3) is 11.8 Å². The van der Waals surface area contributed by atoms with Crippen LogP contribution < -0.4 is 0 Å². The highest BCUT2D eigenvalue weighted by molar-refractivity contribution is 7.10. The van der Waals surface area contributed by atoms with Crippen LogP contribution in [0.2, 0.25) is 0 Å². The summed E-state index contributed by atoms with van der Waals surface area (Å²) in [6.45, 7) is 3.40. The summed E-state index contributed by atoms with van der Waals surface area (Å²) in [7, 11) is 0. The zero-order valence-electron chi connectivity index (χ0n) is 14.7. The smallest absolute Gasteiger partial charge is 0.255 e. The number of aryl methyl sites for hydroxylation is 1. The highest BCUT2D eigenvalue weighted by Crippen LogP contribution is 2.31. The van der Waals surface area contributed by atoms with Crippen molar-refractivity contribution in [3.05, 3.63) is 21.4 Å². The summed E-state index contributed by atoms with van der Waals surface area (Å²) in [5.74, 6) is 0.269. The maximum absolute atomic E-state index is 13.0. The van der Waals surface area contributed by atoms with Crippen LogP contribution in [-0.2, 0) is 22.4 Å². The lowest BCUT2D eigenvalue weighted by Gasteiger charge is -2.24. The molecular weight excluding hydrogens is 336 g/mol. The Morgan fingerprint density at radius 2 is 1.80 bits per heavy atom. The van der Waals surface area contributed by atoms with Crippen molar-refractivity contribution in [2.45, 2.75) is 51.0 Å². The molecule has 1 aromatic heterocycles. The fraction of sp³-hybridized carbons (Fsp3) is 0.684. The molecule has 2 saturated heterocycles. The second kappa shape index (κ2) is 7.46. The van der Waals surface area contributed by atoms with Crippen molar-refractivity contribution in [1.29, 1.82) is 0 Å². The average Bonchev–Trinajstić information content (AvgIpc) is 3.25. The van der Waals surface area contributed by atoms with E-state index in [1.165, 1.54) is 23.3 Å². The molecule has 3 heterocycles. The Hall–Kier alpha value is -1.40. The van der Waals surface area contributed by atoms with Gasteiger partial charge in [0, 0.05) is 43.0 Å². The molecule has 136 valence electrons. The Kier molecular flexibility index (Phi) is 5.08. The Morgan fingerprint density at radius 3 is 2.64 bits per heavy atom. The third-order valence-corrected chi connectivity index (χ3v) is 6.68. The fourth-order valence-corrected chi connectivity index (χ4v) is 5.28. The van der Waals surface area contributed by atoms with Crippen LogP contribution >= 0.6 is 11.3 Å². The van der Waals surface area contributed by atoms with Gasteiger partial charge in [-0.2, -0.15) is 0 Å². The summed E-state index contributed by atoms with van der Waals surface area (Å²) in [6.07, 6.45) is 6.98. The number of rotatable bonds is 2. The van der Waals surface area contributed by atoms with Gasteiger partial charge in [-0.25, -0.2) is 0 Å². The molecule has 0 spiro atoms. The molecule has 25 heavy (non-hydrogen) atoms. The van der Waals surface area contributed by atoms with Gasteiger partial charge in [0.05, 0.1) is 5.56 Å². The van der Waals surface area contributed by atoms with E-state index in [1.807, 2.05) is 9.80 Å². The van der Waals surface area contributed by atoms with E-state index in [0.717, 1.165) is 50.8 Å². The Labute approximate surface area is 152 Å². The van der Waals surface area contributed by atoms with Crippen molar-refractivity contribution >= 4 is 23.2 Å². The first-order chi connectivity index (χ1) is 12.2. The predicted octanol–water partition coefficient (Wildman–Crippen LogP) is 2.48. The molecular formula is C19H26N2O3S. The third-order valence-electron chi connectivity index (χ3n) is 5.59. The SMILES string of the molecule is O=C(c1csc2c1CCCC2)N1CCCN(C(=O)[C@H]2CCCO2)CC1. The molecule has 2 amide bonds. The van der Waals surface area contributed by atoms with Gasteiger partial charge in [-0.05, 0) is 50.5 Å². The van der Waals surface area contributed by atoms with Gasteiger partial charge in [0.1, 0.15) is 6.10 Å². The first kappa shape index (κ1) is 17.0. The monoisotopic (exact) mass is 362 g/mol. The number of ether oxygens (including phenoxy) is 1. The van der Waals surface area contributed by atoms with E-state index in [0.29, 0.717) is 19.7 Å². The molecule has 0 N–H and O–H groups in total. The van der Waals surface area contributed by atoms with Crippen LogP contribution in [0.5, 0.6) is 0 Å². The standard InChI is InChI=1S/C19H26N2O3S/c22-18(15-13-25-17-7-2-1-5-14(15)17)20-8-4-9-21(11-10-20)19(23)16-6-3-12-24-16/h13,16H,1-12H2/t16-/m1/s1. The molecule has 5 nitrogen and oxygen atoms in total. The van der Waals surface area contributed by atoms with Crippen LogP contribution in [0.25, 0.3) is 0 Å². The predicted molar refractivity (Wildman–Crippen MR) is 97.0 cm³/mol. The Balaban J connectivity index is 1.41. The molecule has 2 fully saturated rings. The second-order valence-electron chi connectivity index (χ2n) is 7.23. The zero-order chi connectivity index (χ0) is 17.2. The Morgan fingerprint density at radius 1 is 1.00 bits per heavy atom. The quantitative estimate of drug-likeness (QED) is 0.812. The molecule has 0 aromatic carbocycles. The van der Waals surface area contributed by atoms with Gasteiger partial charge in [-0.3, -0.25) is 9.59 Å². The van der Waals surface area contributed by atoms with Gasteiger partial charge in [0.15, 0.2) is 0 Å². The number of carbonyl (C=O) groups excluding carboxylic acids is 2. The maximum atomic E-state index is 13.0. The van der Waals surface area contributed by atoms with Gasteiger partial charge in [-0.15, -0.1) is 11.3 Å². The molecule has 2 aliphatic heterocycles. The van der Waals surface area contributed by atoms with Crippen molar-refractivity contribution in [3.63, 3.8) is 0 Å². The summed E-state index contributed by atoms with van der Waals surface area (Å²) >= 11 is 1.74. The number of amides is 2. The van der Waals surface area contributed by atoms with Crippen LogP contribution in [0.1, 0.15) is 52.9 Å². The first-order valence-electron chi connectivity index (χ1n) is 9.53. The van der Waals surface area contributed by atoms with E-state index >= 15 is 0 Å². The van der Waals surface area contributed by atoms with Crippen molar-refractivity contribution in [3.8, 4) is 0 Å². The molecule has 0 bridgehead atoms.